The zero-order chi connectivity index (χ0) is 8.27. The van der Waals surface area contributed by atoms with Crippen molar-refractivity contribution in [1.82, 2.24) is 0 Å². The Morgan fingerprint density at radius 2 is 2.09 bits per heavy atom. The van der Waals surface area contributed by atoms with Crippen molar-refractivity contribution in [3.05, 3.63) is 42.5 Å². The maximum Gasteiger partial charge on any atom is 0.00779 e. The van der Waals surface area contributed by atoms with Gasteiger partial charge in [0.1, 0.15) is 0 Å². The Morgan fingerprint density at radius 1 is 1.45 bits per heavy atom. The SMILES string of the molecule is C=CC(C)c1ccccc1S. The number of rotatable bonds is 2. The fourth-order valence-corrected chi connectivity index (χ4v) is 1.36. The topological polar surface area (TPSA) is 0 Å². The molecule has 11 heavy (non-hydrogen) atoms. The van der Waals surface area contributed by atoms with Crippen molar-refractivity contribution in [1.29, 1.82) is 0 Å². The zero-order valence-corrected chi connectivity index (χ0v) is 7.51. The Kier molecular flexibility index (Phi) is 2.77. The van der Waals surface area contributed by atoms with E-state index in [0.29, 0.717) is 5.92 Å². The fourth-order valence-electron chi connectivity index (χ4n) is 1.000. The van der Waals surface area contributed by atoms with Gasteiger partial charge in [0.15, 0.2) is 0 Å². The molecule has 0 bridgehead atoms. The maximum atomic E-state index is 4.34. The highest BCUT2D eigenvalue weighted by Crippen LogP contribution is 2.22. The van der Waals surface area contributed by atoms with Crippen molar-refractivity contribution in [2.45, 2.75) is 17.7 Å². The predicted molar refractivity (Wildman–Crippen MR) is 52.3 cm³/mol. The summed E-state index contributed by atoms with van der Waals surface area (Å²) in [5.74, 6) is 0.392. The van der Waals surface area contributed by atoms with E-state index in [9.17, 15) is 0 Å². The lowest BCUT2D eigenvalue weighted by molar-refractivity contribution is 0.938. The molecule has 1 aromatic rings. The van der Waals surface area contributed by atoms with Crippen LogP contribution in [0.5, 0.6) is 0 Å². The van der Waals surface area contributed by atoms with Crippen molar-refractivity contribution in [3.63, 3.8) is 0 Å². The van der Waals surface area contributed by atoms with Crippen LogP contribution in [0.4, 0.5) is 0 Å². The second-order valence-corrected chi connectivity index (χ2v) is 3.06. The van der Waals surface area contributed by atoms with Gasteiger partial charge in [-0.3, -0.25) is 0 Å². The van der Waals surface area contributed by atoms with Crippen molar-refractivity contribution in [2.75, 3.05) is 0 Å². The standard InChI is InChI=1S/C10H12S/c1-3-8(2)9-6-4-5-7-10(9)11/h3-8,11H,1H2,2H3. The Labute approximate surface area is 73.4 Å². The lowest BCUT2D eigenvalue weighted by Gasteiger charge is -2.07. The molecule has 1 aromatic carbocycles. The molecule has 1 unspecified atom stereocenters. The summed E-state index contributed by atoms with van der Waals surface area (Å²) in [6, 6.07) is 8.09. The van der Waals surface area contributed by atoms with Gasteiger partial charge in [-0.2, -0.15) is 0 Å². The summed E-state index contributed by atoms with van der Waals surface area (Å²) in [6.45, 7) is 5.86. The highest BCUT2D eigenvalue weighted by molar-refractivity contribution is 7.80. The van der Waals surface area contributed by atoms with E-state index in [1.54, 1.807) is 0 Å². The van der Waals surface area contributed by atoms with Crippen LogP contribution < -0.4 is 0 Å². The predicted octanol–water partition coefficient (Wildman–Crippen LogP) is 3.26. The van der Waals surface area contributed by atoms with Crippen LogP contribution in [-0.4, -0.2) is 0 Å². The van der Waals surface area contributed by atoms with Gasteiger partial charge in [0.2, 0.25) is 0 Å². The van der Waals surface area contributed by atoms with Crippen molar-refractivity contribution in [2.24, 2.45) is 0 Å². The van der Waals surface area contributed by atoms with Crippen LogP contribution in [0, 0.1) is 0 Å². The molecule has 1 rings (SSSR count). The minimum Gasteiger partial charge on any atom is -0.143 e. The van der Waals surface area contributed by atoms with Gasteiger partial charge in [0, 0.05) is 4.90 Å². The van der Waals surface area contributed by atoms with Gasteiger partial charge < -0.3 is 0 Å². The number of hydrogen-bond acceptors (Lipinski definition) is 1. The summed E-state index contributed by atoms with van der Waals surface area (Å²) in [5, 5.41) is 0. The van der Waals surface area contributed by atoms with Gasteiger partial charge in [-0.15, -0.1) is 19.2 Å². The second kappa shape index (κ2) is 3.63. The molecular formula is C10H12S. The van der Waals surface area contributed by atoms with Gasteiger partial charge in [-0.1, -0.05) is 31.2 Å². The number of hydrogen-bond donors (Lipinski definition) is 1. The first-order valence-corrected chi connectivity index (χ1v) is 4.11. The molecule has 0 saturated heterocycles. The van der Waals surface area contributed by atoms with Gasteiger partial charge in [-0.25, -0.2) is 0 Å². The summed E-state index contributed by atoms with van der Waals surface area (Å²) < 4.78 is 0. The molecule has 0 radical (unpaired) electrons. The fraction of sp³-hybridized carbons (Fsp3) is 0.200. The molecule has 0 spiro atoms. The molecule has 0 aliphatic rings. The molecule has 0 amide bonds. The molecule has 1 atom stereocenters. The van der Waals surface area contributed by atoms with Gasteiger partial charge in [-0.05, 0) is 17.5 Å². The van der Waals surface area contributed by atoms with E-state index < -0.39 is 0 Å². The highest BCUT2D eigenvalue weighted by atomic mass is 32.1. The molecule has 0 saturated carbocycles. The molecule has 0 heterocycles. The molecule has 0 fully saturated rings. The monoisotopic (exact) mass is 164 g/mol. The first-order chi connectivity index (χ1) is 5.25. The van der Waals surface area contributed by atoms with Crippen LogP contribution in [0.25, 0.3) is 0 Å². The van der Waals surface area contributed by atoms with E-state index in [-0.39, 0.29) is 0 Å². The largest absolute Gasteiger partial charge is 0.143 e. The molecule has 0 nitrogen and oxygen atoms in total. The van der Waals surface area contributed by atoms with Gasteiger partial charge >= 0.3 is 0 Å². The Hall–Kier alpha value is -0.690. The highest BCUT2D eigenvalue weighted by Gasteiger charge is 2.02. The van der Waals surface area contributed by atoms with E-state index in [1.165, 1.54) is 5.56 Å². The molecule has 0 aliphatic heterocycles. The van der Waals surface area contributed by atoms with Crippen LogP contribution in [0.15, 0.2) is 41.8 Å². The lowest BCUT2D eigenvalue weighted by atomic mass is 10.0. The molecule has 0 aliphatic carbocycles. The first kappa shape index (κ1) is 8.41. The summed E-state index contributed by atoms with van der Waals surface area (Å²) in [7, 11) is 0. The van der Waals surface area contributed by atoms with Crippen molar-refractivity contribution >= 4 is 12.6 Å². The van der Waals surface area contributed by atoms with Crippen LogP contribution in [-0.2, 0) is 0 Å². The number of benzene rings is 1. The normalized spacial score (nSPS) is 12.5. The summed E-state index contributed by atoms with van der Waals surface area (Å²) in [5.41, 5.74) is 1.24. The van der Waals surface area contributed by atoms with Crippen LogP contribution in [0.2, 0.25) is 0 Å². The maximum absolute atomic E-state index is 4.34. The third-order valence-electron chi connectivity index (χ3n) is 1.78. The Morgan fingerprint density at radius 3 is 2.64 bits per heavy atom. The minimum atomic E-state index is 0.392. The lowest BCUT2D eigenvalue weighted by Crippen LogP contribution is -1.89. The first-order valence-electron chi connectivity index (χ1n) is 3.66. The zero-order valence-electron chi connectivity index (χ0n) is 6.62. The van der Waals surface area contributed by atoms with Crippen LogP contribution in [0.3, 0.4) is 0 Å². The molecule has 58 valence electrons. The summed E-state index contributed by atoms with van der Waals surface area (Å²) >= 11 is 4.34. The third kappa shape index (κ3) is 1.87. The molecule has 0 N–H and O–H groups in total. The van der Waals surface area contributed by atoms with Crippen LogP contribution >= 0.6 is 12.6 Å². The molecule has 1 heteroatoms. The van der Waals surface area contributed by atoms with E-state index in [2.05, 4.69) is 32.2 Å². The summed E-state index contributed by atoms with van der Waals surface area (Å²) in [4.78, 5) is 1.04. The third-order valence-corrected chi connectivity index (χ3v) is 2.19. The molecular weight excluding hydrogens is 152 g/mol. The quantitative estimate of drug-likeness (QED) is 0.503. The van der Waals surface area contributed by atoms with Gasteiger partial charge in [0.25, 0.3) is 0 Å². The molecule has 0 aromatic heterocycles. The Balaban J connectivity index is 3.02. The number of thiol groups is 1. The van der Waals surface area contributed by atoms with Crippen molar-refractivity contribution < 1.29 is 0 Å². The van der Waals surface area contributed by atoms with Gasteiger partial charge in [0.05, 0.1) is 0 Å². The van der Waals surface area contributed by atoms with E-state index in [4.69, 9.17) is 0 Å². The second-order valence-electron chi connectivity index (χ2n) is 2.58. The average molecular weight is 164 g/mol. The van der Waals surface area contributed by atoms with E-state index >= 15 is 0 Å². The van der Waals surface area contributed by atoms with Crippen molar-refractivity contribution in [3.8, 4) is 0 Å². The summed E-state index contributed by atoms with van der Waals surface area (Å²) in [6.07, 6.45) is 1.93. The van der Waals surface area contributed by atoms with Crippen LogP contribution in [0.1, 0.15) is 18.4 Å². The Bertz CT molecular complexity index is 253. The number of allylic oxidation sites excluding steroid dienone is 1. The minimum absolute atomic E-state index is 0.392. The smallest absolute Gasteiger partial charge is 0.00779 e. The average Bonchev–Trinajstić information content (AvgIpc) is 2.04. The van der Waals surface area contributed by atoms with E-state index in [1.807, 2.05) is 24.3 Å². The van der Waals surface area contributed by atoms with E-state index in [0.717, 1.165) is 4.90 Å².